The summed E-state index contributed by atoms with van der Waals surface area (Å²) >= 11 is 2.74. The van der Waals surface area contributed by atoms with E-state index in [9.17, 15) is 4.79 Å². The molecule has 1 unspecified atom stereocenters. The molecule has 0 saturated carbocycles. The van der Waals surface area contributed by atoms with E-state index >= 15 is 0 Å². The largest absolute Gasteiger partial charge is 0.482 e. The highest BCUT2D eigenvalue weighted by molar-refractivity contribution is 7.99. The molecule has 0 aliphatic heterocycles. The number of thioether (sulfide) groups is 1. The highest BCUT2D eigenvalue weighted by Crippen LogP contribution is 2.32. The predicted octanol–water partition coefficient (Wildman–Crippen LogP) is 5.83. The number of anilines is 1. The van der Waals surface area contributed by atoms with E-state index < -0.39 is 0 Å². The first-order valence-corrected chi connectivity index (χ1v) is 12.9. The summed E-state index contributed by atoms with van der Waals surface area (Å²) in [6.45, 7) is 14.5. The van der Waals surface area contributed by atoms with E-state index in [1.807, 2.05) is 43.5 Å². The normalized spacial score (nSPS) is 12.5. The van der Waals surface area contributed by atoms with Crippen LogP contribution in [0, 0.1) is 0 Å². The van der Waals surface area contributed by atoms with Gasteiger partial charge in [-0.15, -0.1) is 20.4 Å². The summed E-state index contributed by atoms with van der Waals surface area (Å²) in [5.74, 6) is 2.27. The molecule has 1 amide bonds. The molecule has 178 valence electrons. The lowest BCUT2D eigenvalue weighted by Crippen LogP contribution is -2.17. The van der Waals surface area contributed by atoms with Crippen LogP contribution >= 0.6 is 23.1 Å². The van der Waals surface area contributed by atoms with Gasteiger partial charge in [0.25, 0.3) is 0 Å². The van der Waals surface area contributed by atoms with Gasteiger partial charge >= 0.3 is 0 Å². The molecule has 1 aromatic carbocycles. The van der Waals surface area contributed by atoms with Crippen LogP contribution < -0.4 is 10.1 Å². The Bertz CT molecular complexity index is 1080. The van der Waals surface area contributed by atoms with Crippen molar-refractivity contribution in [3.63, 3.8) is 0 Å². The van der Waals surface area contributed by atoms with Crippen LogP contribution in [0.3, 0.4) is 0 Å². The molecule has 2 aromatic heterocycles. The van der Waals surface area contributed by atoms with Crippen molar-refractivity contribution in [1.29, 1.82) is 0 Å². The second-order valence-electron chi connectivity index (χ2n) is 8.69. The summed E-state index contributed by atoms with van der Waals surface area (Å²) in [6.07, 6.45) is -0.293. The quantitative estimate of drug-likeness (QED) is 0.359. The smallest absolute Gasteiger partial charge is 0.236 e. The van der Waals surface area contributed by atoms with Crippen LogP contribution in [0.5, 0.6) is 5.75 Å². The van der Waals surface area contributed by atoms with Crippen LogP contribution in [0.4, 0.5) is 5.13 Å². The highest BCUT2D eigenvalue weighted by atomic mass is 32.2. The Balaban J connectivity index is 1.69. The SMILES string of the molecule is CC(C)c1nnc(NC(=O)CSc2nnc(C(C)Oc3ccccc3C(C)C)n2C(C)C)s1. The number of rotatable bonds is 10. The van der Waals surface area contributed by atoms with Gasteiger partial charge in [-0.2, -0.15) is 0 Å². The molecule has 0 saturated heterocycles. The minimum atomic E-state index is -0.293. The molecule has 0 aliphatic rings. The maximum absolute atomic E-state index is 12.5. The number of aromatic nitrogens is 5. The number of nitrogens with zero attached hydrogens (tertiary/aromatic N) is 5. The van der Waals surface area contributed by atoms with Gasteiger partial charge in [-0.25, -0.2) is 0 Å². The van der Waals surface area contributed by atoms with Crippen LogP contribution in [0.25, 0.3) is 0 Å². The molecule has 2 heterocycles. The molecular weight excluding hydrogens is 456 g/mol. The Morgan fingerprint density at radius 3 is 2.39 bits per heavy atom. The highest BCUT2D eigenvalue weighted by Gasteiger charge is 2.23. The molecular formula is C23H32N6O2S2. The van der Waals surface area contributed by atoms with Gasteiger partial charge in [0.15, 0.2) is 17.1 Å². The number of hydrogen-bond donors (Lipinski definition) is 1. The second-order valence-corrected chi connectivity index (χ2v) is 10.6. The average molecular weight is 489 g/mol. The van der Waals surface area contributed by atoms with Crippen molar-refractivity contribution in [3.8, 4) is 5.75 Å². The first-order chi connectivity index (χ1) is 15.7. The van der Waals surface area contributed by atoms with Crippen molar-refractivity contribution in [1.82, 2.24) is 25.0 Å². The molecule has 0 spiro atoms. The zero-order valence-corrected chi connectivity index (χ0v) is 21.8. The van der Waals surface area contributed by atoms with Crippen LogP contribution in [-0.4, -0.2) is 36.6 Å². The Morgan fingerprint density at radius 1 is 1.03 bits per heavy atom. The number of nitrogens with one attached hydrogen (secondary N) is 1. The van der Waals surface area contributed by atoms with Gasteiger partial charge in [-0.1, -0.05) is 69.0 Å². The summed E-state index contributed by atoms with van der Waals surface area (Å²) in [6, 6.07) is 8.18. The minimum Gasteiger partial charge on any atom is -0.482 e. The molecule has 1 atom stereocenters. The van der Waals surface area contributed by atoms with Gasteiger partial charge < -0.3 is 9.30 Å². The van der Waals surface area contributed by atoms with E-state index in [0.29, 0.717) is 16.2 Å². The summed E-state index contributed by atoms with van der Waals surface area (Å²) in [5.41, 5.74) is 1.16. The fourth-order valence-electron chi connectivity index (χ4n) is 3.26. The lowest BCUT2D eigenvalue weighted by Gasteiger charge is -2.21. The van der Waals surface area contributed by atoms with E-state index in [2.05, 4.69) is 59.5 Å². The van der Waals surface area contributed by atoms with Gasteiger partial charge in [0.1, 0.15) is 10.8 Å². The molecule has 1 N–H and O–H groups in total. The molecule has 8 nitrogen and oxygen atoms in total. The third kappa shape index (κ3) is 6.32. The standard InChI is InChI=1S/C23H32N6O2S2/c1-13(2)17-10-8-9-11-18(17)31-16(7)20-25-28-23(29(20)15(5)6)32-12-19(30)24-22-27-26-21(33-22)14(3)4/h8-11,13-16H,12H2,1-7H3,(H,24,27,30). The van der Waals surface area contributed by atoms with Crippen LogP contribution in [-0.2, 0) is 4.79 Å². The van der Waals surface area contributed by atoms with E-state index in [4.69, 9.17) is 4.74 Å². The zero-order chi connectivity index (χ0) is 24.1. The predicted molar refractivity (Wildman–Crippen MR) is 133 cm³/mol. The van der Waals surface area contributed by atoms with Crippen molar-refractivity contribution < 1.29 is 9.53 Å². The van der Waals surface area contributed by atoms with Crippen LogP contribution in [0.2, 0.25) is 0 Å². The number of ether oxygens (including phenoxy) is 1. The maximum atomic E-state index is 12.5. The molecule has 3 rings (SSSR count). The number of para-hydroxylation sites is 1. The Labute approximate surface area is 203 Å². The fourth-order valence-corrected chi connectivity index (χ4v) is 4.90. The van der Waals surface area contributed by atoms with E-state index in [1.54, 1.807) is 0 Å². The van der Waals surface area contributed by atoms with E-state index in [1.165, 1.54) is 23.1 Å². The summed E-state index contributed by atoms with van der Waals surface area (Å²) in [4.78, 5) is 12.5. The third-order valence-electron chi connectivity index (χ3n) is 4.93. The number of hydrogen-bond acceptors (Lipinski definition) is 8. The summed E-state index contributed by atoms with van der Waals surface area (Å²) in [7, 11) is 0. The molecule has 0 fully saturated rings. The lowest BCUT2D eigenvalue weighted by atomic mass is 10.0. The molecule has 0 radical (unpaired) electrons. The van der Waals surface area contributed by atoms with Gasteiger partial charge in [0.05, 0.1) is 5.75 Å². The first kappa shape index (κ1) is 25.2. The first-order valence-electron chi connectivity index (χ1n) is 11.1. The Hall–Kier alpha value is -2.46. The van der Waals surface area contributed by atoms with Crippen molar-refractivity contribution >= 4 is 34.1 Å². The molecule has 10 heteroatoms. The Morgan fingerprint density at radius 2 is 1.76 bits per heavy atom. The average Bonchev–Trinajstić information content (AvgIpc) is 3.39. The fraction of sp³-hybridized carbons (Fsp3) is 0.522. The monoisotopic (exact) mass is 488 g/mol. The van der Waals surface area contributed by atoms with Gasteiger partial charge in [0.2, 0.25) is 11.0 Å². The molecule has 0 aliphatic carbocycles. The van der Waals surface area contributed by atoms with E-state index in [0.717, 1.165) is 22.1 Å². The number of amides is 1. The van der Waals surface area contributed by atoms with Crippen LogP contribution in [0.15, 0.2) is 29.4 Å². The van der Waals surface area contributed by atoms with Gasteiger partial charge in [-0.3, -0.25) is 10.1 Å². The topological polar surface area (TPSA) is 94.8 Å². The molecule has 33 heavy (non-hydrogen) atoms. The van der Waals surface area contributed by atoms with Gasteiger partial charge in [0, 0.05) is 12.0 Å². The third-order valence-corrected chi connectivity index (χ3v) is 7.01. The maximum Gasteiger partial charge on any atom is 0.236 e. The van der Waals surface area contributed by atoms with Crippen molar-refractivity contribution in [3.05, 3.63) is 40.7 Å². The number of carbonyl (C=O) groups excluding carboxylic acids is 1. The van der Waals surface area contributed by atoms with Gasteiger partial charge in [-0.05, 0) is 38.3 Å². The summed E-state index contributed by atoms with van der Waals surface area (Å²) in [5, 5.41) is 21.8. The Kier molecular flexibility index (Phi) is 8.47. The molecule has 3 aromatic rings. The van der Waals surface area contributed by atoms with Crippen molar-refractivity contribution in [2.75, 3.05) is 11.1 Å². The van der Waals surface area contributed by atoms with Crippen molar-refractivity contribution in [2.24, 2.45) is 0 Å². The molecule has 0 bridgehead atoms. The van der Waals surface area contributed by atoms with Crippen molar-refractivity contribution in [2.45, 2.75) is 77.6 Å². The second kappa shape index (κ2) is 11.1. The lowest BCUT2D eigenvalue weighted by molar-refractivity contribution is -0.113. The number of carbonyl (C=O) groups is 1. The minimum absolute atomic E-state index is 0.115. The number of benzene rings is 1. The van der Waals surface area contributed by atoms with E-state index in [-0.39, 0.29) is 29.7 Å². The van der Waals surface area contributed by atoms with Crippen LogP contribution in [0.1, 0.15) is 88.8 Å². The zero-order valence-electron chi connectivity index (χ0n) is 20.2. The summed E-state index contributed by atoms with van der Waals surface area (Å²) < 4.78 is 8.33.